The monoisotopic (exact) mass is 230 g/mol. The quantitative estimate of drug-likeness (QED) is 0.864. The van der Waals surface area contributed by atoms with Crippen molar-refractivity contribution in [2.24, 2.45) is 5.41 Å². The van der Waals surface area contributed by atoms with Gasteiger partial charge in [0.15, 0.2) is 0 Å². The van der Waals surface area contributed by atoms with Crippen LogP contribution in [-0.2, 0) is 11.2 Å². The molecule has 0 unspecified atom stereocenters. The van der Waals surface area contributed by atoms with Crippen molar-refractivity contribution in [1.29, 1.82) is 5.26 Å². The molecule has 0 radical (unpaired) electrons. The molecule has 0 fully saturated rings. The van der Waals surface area contributed by atoms with Gasteiger partial charge in [0.1, 0.15) is 5.41 Å². The zero-order valence-electron chi connectivity index (χ0n) is 10.6. The van der Waals surface area contributed by atoms with Crippen molar-refractivity contribution < 1.29 is 4.79 Å². The van der Waals surface area contributed by atoms with Crippen LogP contribution in [0.15, 0.2) is 24.3 Å². The Balaban J connectivity index is 2.89. The van der Waals surface area contributed by atoms with Crippen molar-refractivity contribution in [2.45, 2.75) is 33.6 Å². The van der Waals surface area contributed by atoms with Gasteiger partial charge in [-0.25, -0.2) is 0 Å². The summed E-state index contributed by atoms with van der Waals surface area (Å²) < 4.78 is 0. The molecule has 1 aromatic rings. The topological polar surface area (TPSA) is 52.9 Å². The van der Waals surface area contributed by atoms with E-state index in [2.05, 4.69) is 12.2 Å². The molecule has 1 amide bonds. The van der Waals surface area contributed by atoms with E-state index in [1.165, 1.54) is 0 Å². The highest BCUT2D eigenvalue weighted by Crippen LogP contribution is 2.21. The lowest BCUT2D eigenvalue weighted by Gasteiger charge is -2.17. The first-order valence-corrected chi connectivity index (χ1v) is 5.82. The van der Waals surface area contributed by atoms with Crippen molar-refractivity contribution in [1.82, 2.24) is 0 Å². The van der Waals surface area contributed by atoms with E-state index in [-0.39, 0.29) is 5.91 Å². The number of rotatable bonds is 4. The molecule has 0 heterocycles. The van der Waals surface area contributed by atoms with Crippen LogP contribution in [0.25, 0.3) is 0 Å². The predicted molar refractivity (Wildman–Crippen MR) is 68.5 cm³/mol. The number of amides is 1. The minimum absolute atomic E-state index is 0.261. The smallest absolute Gasteiger partial charge is 0.244 e. The van der Waals surface area contributed by atoms with Crippen molar-refractivity contribution in [3.05, 3.63) is 29.8 Å². The Morgan fingerprint density at radius 2 is 2.06 bits per heavy atom. The number of nitriles is 1. The fraction of sp³-hybridized carbons (Fsp3) is 0.429. The number of aryl methyl sites for hydroxylation is 1. The molecule has 0 spiro atoms. The highest BCUT2D eigenvalue weighted by molar-refractivity contribution is 5.97. The molecule has 0 saturated heterocycles. The molecule has 1 N–H and O–H groups in total. The number of anilines is 1. The van der Waals surface area contributed by atoms with Gasteiger partial charge in [-0.05, 0) is 31.9 Å². The third kappa shape index (κ3) is 3.32. The SMILES string of the molecule is CCCc1ccccc1NC(=O)C(C)(C)C#N. The summed E-state index contributed by atoms with van der Waals surface area (Å²) in [5, 5.41) is 11.7. The van der Waals surface area contributed by atoms with Crippen molar-refractivity contribution in [2.75, 3.05) is 5.32 Å². The molecular formula is C14H18N2O. The van der Waals surface area contributed by atoms with Crippen LogP contribution in [0.5, 0.6) is 0 Å². The molecule has 0 aliphatic rings. The maximum atomic E-state index is 11.9. The Morgan fingerprint density at radius 3 is 2.65 bits per heavy atom. The van der Waals surface area contributed by atoms with Gasteiger partial charge in [-0.1, -0.05) is 31.5 Å². The van der Waals surface area contributed by atoms with E-state index in [1.54, 1.807) is 13.8 Å². The van der Waals surface area contributed by atoms with Crippen molar-refractivity contribution in [3.63, 3.8) is 0 Å². The highest BCUT2D eigenvalue weighted by Gasteiger charge is 2.27. The lowest BCUT2D eigenvalue weighted by atomic mass is 9.94. The summed E-state index contributed by atoms with van der Waals surface area (Å²) in [4.78, 5) is 11.9. The lowest BCUT2D eigenvalue weighted by molar-refractivity contribution is -0.121. The second-order valence-corrected chi connectivity index (χ2v) is 4.60. The predicted octanol–water partition coefficient (Wildman–Crippen LogP) is 3.13. The third-order valence-corrected chi connectivity index (χ3v) is 2.63. The van der Waals surface area contributed by atoms with Gasteiger partial charge < -0.3 is 5.32 Å². The summed E-state index contributed by atoms with van der Waals surface area (Å²) in [5.74, 6) is -0.261. The van der Waals surface area contributed by atoms with E-state index in [1.807, 2.05) is 30.3 Å². The van der Waals surface area contributed by atoms with Crippen molar-refractivity contribution >= 4 is 11.6 Å². The summed E-state index contributed by atoms with van der Waals surface area (Å²) in [6, 6.07) is 9.71. The molecule has 1 aromatic carbocycles. The Labute approximate surface area is 102 Å². The van der Waals surface area contributed by atoms with Gasteiger partial charge >= 0.3 is 0 Å². The van der Waals surface area contributed by atoms with Gasteiger partial charge in [-0.2, -0.15) is 5.26 Å². The van der Waals surface area contributed by atoms with Gasteiger partial charge in [0.25, 0.3) is 0 Å². The van der Waals surface area contributed by atoms with Crippen LogP contribution in [0.2, 0.25) is 0 Å². The second-order valence-electron chi connectivity index (χ2n) is 4.60. The summed E-state index contributed by atoms with van der Waals surface area (Å²) >= 11 is 0. The first-order chi connectivity index (χ1) is 8.01. The molecule has 0 aromatic heterocycles. The van der Waals surface area contributed by atoms with Crippen LogP contribution >= 0.6 is 0 Å². The van der Waals surface area contributed by atoms with Gasteiger partial charge in [0, 0.05) is 5.69 Å². The maximum absolute atomic E-state index is 11.9. The van der Waals surface area contributed by atoms with Crippen LogP contribution in [0.3, 0.4) is 0 Å². The number of hydrogen-bond acceptors (Lipinski definition) is 2. The molecule has 1 rings (SSSR count). The van der Waals surface area contributed by atoms with Crippen LogP contribution < -0.4 is 5.32 Å². The fourth-order valence-electron chi connectivity index (χ4n) is 1.46. The molecular weight excluding hydrogens is 212 g/mol. The molecule has 0 saturated carbocycles. The minimum atomic E-state index is -1.00. The average Bonchev–Trinajstić information content (AvgIpc) is 2.32. The number of para-hydroxylation sites is 1. The van der Waals surface area contributed by atoms with E-state index in [9.17, 15) is 4.79 Å². The Hall–Kier alpha value is -1.82. The number of carbonyl (C=O) groups is 1. The average molecular weight is 230 g/mol. The Bertz CT molecular complexity index is 444. The summed E-state index contributed by atoms with van der Waals surface area (Å²) in [6.45, 7) is 5.33. The zero-order chi connectivity index (χ0) is 12.9. The van der Waals surface area contributed by atoms with Gasteiger partial charge in [0.05, 0.1) is 6.07 Å². The molecule has 0 aliphatic carbocycles. The van der Waals surface area contributed by atoms with Gasteiger partial charge in [0.2, 0.25) is 5.91 Å². The molecule has 0 bridgehead atoms. The maximum Gasteiger partial charge on any atom is 0.244 e. The third-order valence-electron chi connectivity index (χ3n) is 2.63. The molecule has 3 nitrogen and oxygen atoms in total. The van der Waals surface area contributed by atoms with E-state index in [0.29, 0.717) is 0 Å². The molecule has 17 heavy (non-hydrogen) atoms. The first kappa shape index (κ1) is 13.2. The van der Waals surface area contributed by atoms with Gasteiger partial charge in [-0.3, -0.25) is 4.79 Å². The minimum Gasteiger partial charge on any atom is -0.324 e. The second kappa shape index (κ2) is 5.49. The van der Waals surface area contributed by atoms with E-state index < -0.39 is 5.41 Å². The van der Waals surface area contributed by atoms with Crippen LogP contribution in [-0.4, -0.2) is 5.91 Å². The highest BCUT2D eigenvalue weighted by atomic mass is 16.2. The van der Waals surface area contributed by atoms with Crippen LogP contribution in [0.1, 0.15) is 32.8 Å². The number of nitrogens with one attached hydrogen (secondary N) is 1. The van der Waals surface area contributed by atoms with Gasteiger partial charge in [-0.15, -0.1) is 0 Å². The summed E-state index contributed by atoms with van der Waals surface area (Å²) in [5.41, 5.74) is 0.916. The van der Waals surface area contributed by atoms with E-state index in [4.69, 9.17) is 5.26 Å². The Kier molecular flexibility index (Phi) is 4.28. The van der Waals surface area contributed by atoms with Crippen molar-refractivity contribution in [3.8, 4) is 6.07 Å². The zero-order valence-corrected chi connectivity index (χ0v) is 10.6. The normalized spacial score (nSPS) is 10.7. The summed E-state index contributed by atoms with van der Waals surface area (Å²) in [7, 11) is 0. The standard InChI is InChI=1S/C14H18N2O/c1-4-7-11-8-5-6-9-12(11)16-13(17)14(2,3)10-15/h5-6,8-9H,4,7H2,1-3H3,(H,16,17). The molecule has 3 heteroatoms. The number of nitrogens with zero attached hydrogens (tertiary/aromatic N) is 1. The first-order valence-electron chi connectivity index (χ1n) is 5.82. The molecule has 0 atom stereocenters. The number of benzene rings is 1. The van der Waals surface area contributed by atoms with Crippen LogP contribution in [0, 0.1) is 16.7 Å². The largest absolute Gasteiger partial charge is 0.324 e. The Morgan fingerprint density at radius 1 is 1.41 bits per heavy atom. The van der Waals surface area contributed by atoms with E-state index >= 15 is 0 Å². The van der Waals surface area contributed by atoms with Crippen LogP contribution in [0.4, 0.5) is 5.69 Å². The fourth-order valence-corrected chi connectivity index (χ4v) is 1.46. The van der Waals surface area contributed by atoms with E-state index in [0.717, 1.165) is 24.1 Å². The molecule has 0 aliphatic heterocycles. The lowest BCUT2D eigenvalue weighted by Crippen LogP contribution is -2.29. The number of carbonyl (C=O) groups excluding carboxylic acids is 1. The molecule has 90 valence electrons. The summed E-state index contributed by atoms with van der Waals surface area (Å²) in [6.07, 6.45) is 1.94. The number of hydrogen-bond donors (Lipinski definition) is 1.